The summed E-state index contributed by atoms with van der Waals surface area (Å²) in [4.78, 5) is 24.4. The lowest BCUT2D eigenvalue weighted by Gasteiger charge is -2.15. The molecule has 0 fully saturated rings. The van der Waals surface area contributed by atoms with Crippen molar-refractivity contribution in [1.82, 2.24) is 0 Å². The molecule has 4 nitrogen and oxygen atoms in total. The molecule has 0 unspecified atom stereocenters. The van der Waals surface area contributed by atoms with Crippen molar-refractivity contribution in [2.24, 2.45) is 0 Å². The molecule has 132 valence electrons. The van der Waals surface area contributed by atoms with Crippen LogP contribution in [-0.2, 0) is 15.3 Å². The van der Waals surface area contributed by atoms with Crippen molar-refractivity contribution in [1.29, 1.82) is 0 Å². The van der Waals surface area contributed by atoms with Crippen LogP contribution >= 0.6 is 11.8 Å². The molecule has 0 heterocycles. The number of ether oxygens (including phenoxy) is 1. The number of benzene rings is 2. The van der Waals surface area contributed by atoms with Crippen molar-refractivity contribution < 1.29 is 14.3 Å². The first-order valence-electron chi connectivity index (χ1n) is 8.26. The lowest BCUT2D eigenvalue weighted by atomic mass is 10.1. The number of anilines is 1. The highest BCUT2D eigenvalue weighted by atomic mass is 32.2. The molecule has 0 saturated heterocycles. The number of thioether (sulfide) groups is 1. The first-order chi connectivity index (χ1) is 12.0. The van der Waals surface area contributed by atoms with Crippen LogP contribution in [0.5, 0.6) is 0 Å². The maximum absolute atomic E-state index is 12.4. The van der Waals surface area contributed by atoms with Gasteiger partial charge < -0.3 is 10.1 Å². The van der Waals surface area contributed by atoms with E-state index in [2.05, 4.69) is 5.32 Å². The van der Waals surface area contributed by atoms with Crippen molar-refractivity contribution in [3.63, 3.8) is 0 Å². The second kappa shape index (κ2) is 9.28. The van der Waals surface area contributed by atoms with Crippen molar-refractivity contribution in [2.45, 2.75) is 31.8 Å². The lowest BCUT2D eigenvalue weighted by molar-refractivity contribution is -0.115. The Morgan fingerprint density at radius 1 is 1.12 bits per heavy atom. The van der Waals surface area contributed by atoms with Crippen LogP contribution in [0, 0.1) is 6.92 Å². The Hall–Kier alpha value is -2.27. The van der Waals surface area contributed by atoms with E-state index in [4.69, 9.17) is 4.74 Å². The fourth-order valence-corrected chi connectivity index (χ4v) is 3.15. The maximum Gasteiger partial charge on any atom is 0.338 e. The van der Waals surface area contributed by atoms with Gasteiger partial charge in [0.15, 0.2) is 0 Å². The van der Waals surface area contributed by atoms with E-state index in [1.807, 2.05) is 44.2 Å². The Balaban J connectivity index is 2.00. The van der Waals surface area contributed by atoms with Gasteiger partial charge in [-0.2, -0.15) is 0 Å². The monoisotopic (exact) mass is 357 g/mol. The van der Waals surface area contributed by atoms with E-state index in [-0.39, 0.29) is 17.1 Å². The minimum atomic E-state index is -0.373. The van der Waals surface area contributed by atoms with Gasteiger partial charge in [0.25, 0.3) is 0 Å². The molecule has 1 N–H and O–H groups in total. The predicted molar refractivity (Wildman–Crippen MR) is 103 cm³/mol. The van der Waals surface area contributed by atoms with Gasteiger partial charge in [-0.25, -0.2) is 4.79 Å². The summed E-state index contributed by atoms with van der Waals surface area (Å²) >= 11 is 1.58. The summed E-state index contributed by atoms with van der Waals surface area (Å²) in [7, 11) is 0. The number of esters is 1. The van der Waals surface area contributed by atoms with Gasteiger partial charge in [-0.3, -0.25) is 4.79 Å². The summed E-state index contributed by atoms with van der Waals surface area (Å²) in [5.41, 5.74) is 3.02. The predicted octanol–water partition coefficient (Wildman–Crippen LogP) is 4.43. The van der Waals surface area contributed by atoms with Crippen molar-refractivity contribution in [3.8, 4) is 0 Å². The van der Waals surface area contributed by atoms with Gasteiger partial charge >= 0.3 is 5.97 Å². The van der Waals surface area contributed by atoms with Crippen molar-refractivity contribution in [2.75, 3.05) is 11.9 Å². The molecule has 0 saturated carbocycles. The number of nitrogens with one attached hydrogen (secondary N) is 1. The van der Waals surface area contributed by atoms with Gasteiger partial charge in [-0.15, -0.1) is 11.8 Å². The van der Waals surface area contributed by atoms with Crippen LogP contribution in [0.25, 0.3) is 0 Å². The van der Waals surface area contributed by atoms with E-state index >= 15 is 0 Å². The average Bonchev–Trinajstić information content (AvgIpc) is 2.62. The molecular weight excluding hydrogens is 334 g/mol. The average molecular weight is 357 g/mol. The second-order valence-corrected chi connectivity index (χ2v) is 6.96. The van der Waals surface area contributed by atoms with Gasteiger partial charge in [-0.1, -0.05) is 36.4 Å². The fourth-order valence-electron chi connectivity index (χ4n) is 2.31. The molecule has 5 heteroatoms. The molecule has 0 spiro atoms. The van der Waals surface area contributed by atoms with E-state index < -0.39 is 0 Å². The standard InChI is InChI=1S/C20H23NO3S/c1-4-24-20(23)17-11-8-12-18(14(17)2)21-19(22)15(3)25-13-16-9-6-5-7-10-16/h5-12,15H,4,13H2,1-3H3,(H,21,22)/t15-/m1/s1. The summed E-state index contributed by atoms with van der Waals surface area (Å²) in [5.74, 6) is 0.324. The summed E-state index contributed by atoms with van der Waals surface area (Å²) in [6.07, 6.45) is 0. The van der Waals surface area contributed by atoms with Crippen LogP contribution in [0.3, 0.4) is 0 Å². The van der Waals surface area contributed by atoms with Crippen LogP contribution in [0.2, 0.25) is 0 Å². The molecule has 0 aliphatic heterocycles. The van der Waals surface area contributed by atoms with Crippen LogP contribution in [0.4, 0.5) is 5.69 Å². The zero-order valence-corrected chi connectivity index (χ0v) is 15.6. The minimum Gasteiger partial charge on any atom is -0.462 e. The van der Waals surface area contributed by atoms with E-state index in [0.717, 1.165) is 11.3 Å². The number of carbonyl (C=O) groups is 2. The Bertz CT molecular complexity index is 731. The van der Waals surface area contributed by atoms with Crippen LogP contribution in [0.15, 0.2) is 48.5 Å². The molecular formula is C20H23NO3S. The van der Waals surface area contributed by atoms with E-state index in [0.29, 0.717) is 17.9 Å². The smallest absolute Gasteiger partial charge is 0.338 e. The molecule has 1 atom stereocenters. The minimum absolute atomic E-state index is 0.0787. The first-order valence-corrected chi connectivity index (χ1v) is 9.31. The molecule has 2 aromatic carbocycles. The zero-order chi connectivity index (χ0) is 18.2. The third kappa shape index (κ3) is 5.36. The highest BCUT2D eigenvalue weighted by Gasteiger charge is 2.17. The summed E-state index contributed by atoms with van der Waals surface area (Å²) in [5, 5.41) is 2.71. The topological polar surface area (TPSA) is 55.4 Å². The van der Waals surface area contributed by atoms with E-state index in [1.165, 1.54) is 5.56 Å². The van der Waals surface area contributed by atoms with Crippen LogP contribution in [-0.4, -0.2) is 23.7 Å². The molecule has 1 amide bonds. The van der Waals surface area contributed by atoms with E-state index in [1.54, 1.807) is 36.9 Å². The maximum atomic E-state index is 12.4. The number of carbonyl (C=O) groups excluding carboxylic acids is 2. The molecule has 0 aromatic heterocycles. The number of hydrogen-bond acceptors (Lipinski definition) is 4. The van der Waals surface area contributed by atoms with Gasteiger partial charge in [0.2, 0.25) is 5.91 Å². The molecule has 2 rings (SSSR count). The number of hydrogen-bond donors (Lipinski definition) is 1. The quantitative estimate of drug-likeness (QED) is 0.745. The summed E-state index contributed by atoms with van der Waals surface area (Å²) in [6.45, 7) is 5.78. The summed E-state index contributed by atoms with van der Waals surface area (Å²) < 4.78 is 5.05. The number of rotatable bonds is 7. The molecule has 0 bridgehead atoms. The fraction of sp³-hybridized carbons (Fsp3) is 0.300. The molecule has 0 aliphatic rings. The highest BCUT2D eigenvalue weighted by Crippen LogP contribution is 2.23. The summed E-state index contributed by atoms with van der Waals surface area (Å²) in [6, 6.07) is 15.3. The third-order valence-electron chi connectivity index (χ3n) is 3.80. The Morgan fingerprint density at radius 2 is 1.84 bits per heavy atom. The lowest BCUT2D eigenvalue weighted by Crippen LogP contribution is -2.23. The van der Waals surface area contributed by atoms with Crippen molar-refractivity contribution >= 4 is 29.3 Å². The molecule has 0 radical (unpaired) electrons. The highest BCUT2D eigenvalue weighted by molar-refractivity contribution is 7.99. The largest absolute Gasteiger partial charge is 0.462 e. The van der Waals surface area contributed by atoms with Gasteiger partial charge in [0, 0.05) is 11.4 Å². The van der Waals surface area contributed by atoms with Crippen LogP contribution in [0.1, 0.15) is 35.3 Å². The van der Waals surface area contributed by atoms with Gasteiger partial charge in [-0.05, 0) is 44.0 Å². The zero-order valence-electron chi connectivity index (χ0n) is 14.7. The molecule has 0 aliphatic carbocycles. The van der Waals surface area contributed by atoms with Gasteiger partial charge in [0.05, 0.1) is 17.4 Å². The second-order valence-electron chi connectivity index (χ2n) is 5.63. The SMILES string of the molecule is CCOC(=O)c1cccc(NC(=O)[C@@H](C)SCc2ccccc2)c1C. The Morgan fingerprint density at radius 3 is 2.52 bits per heavy atom. The number of amides is 1. The van der Waals surface area contributed by atoms with E-state index in [9.17, 15) is 9.59 Å². The normalized spacial score (nSPS) is 11.6. The Labute approximate surface area is 153 Å². The molecule has 2 aromatic rings. The van der Waals surface area contributed by atoms with Crippen LogP contribution < -0.4 is 5.32 Å². The van der Waals surface area contributed by atoms with Crippen molar-refractivity contribution in [3.05, 3.63) is 65.2 Å². The Kier molecular flexibility index (Phi) is 7.07. The molecule has 25 heavy (non-hydrogen) atoms. The van der Waals surface area contributed by atoms with Gasteiger partial charge in [0.1, 0.15) is 0 Å². The first kappa shape index (κ1) is 19.1. The third-order valence-corrected chi connectivity index (χ3v) is 5.01.